The normalized spacial score (nSPS) is 24.3. The minimum absolute atomic E-state index is 0.0939. The predicted octanol–water partition coefficient (Wildman–Crippen LogP) is 1.57. The van der Waals surface area contributed by atoms with Gasteiger partial charge in [0.15, 0.2) is 0 Å². The van der Waals surface area contributed by atoms with Crippen LogP contribution in [0.25, 0.3) is 11.1 Å². The van der Waals surface area contributed by atoms with Gasteiger partial charge in [0.05, 0.1) is 0 Å². The van der Waals surface area contributed by atoms with Crippen LogP contribution in [0.2, 0.25) is 0 Å². The van der Waals surface area contributed by atoms with Crippen LogP contribution in [0.3, 0.4) is 0 Å². The van der Waals surface area contributed by atoms with E-state index in [1.165, 1.54) is 0 Å². The number of hydrogen-bond acceptors (Lipinski definition) is 3. The molecule has 0 aliphatic carbocycles. The van der Waals surface area contributed by atoms with Crippen LogP contribution in [0.4, 0.5) is 0 Å². The number of amides is 3. The number of fused-ring (bicyclic) bond motifs is 1. The Morgan fingerprint density at radius 3 is 2.41 bits per heavy atom. The molecule has 27 heavy (non-hydrogen) atoms. The molecule has 0 unspecified atom stereocenters. The maximum atomic E-state index is 12.6. The maximum absolute atomic E-state index is 12.6. The van der Waals surface area contributed by atoms with Crippen molar-refractivity contribution in [3.8, 4) is 11.1 Å². The molecular formula is C21H21N3O3. The van der Waals surface area contributed by atoms with Crippen molar-refractivity contribution in [1.82, 2.24) is 15.5 Å². The molecule has 2 N–H and O–H groups in total. The second-order valence-corrected chi connectivity index (χ2v) is 7.09. The van der Waals surface area contributed by atoms with E-state index >= 15 is 0 Å². The van der Waals surface area contributed by atoms with E-state index in [4.69, 9.17) is 0 Å². The first-order valence-corrected chi connectivity index (χ1v) is 9.10. The first-order chi connectivity index (χ1) is 13.0. The molecule has 6 heteroatoms. The Hall–Kier alpha value is -3.15. The molecule has 0 radical (unpaired) electrons. The van der Waals surface area contributed by atoms with Gasteiger partial charge in [-0.25, -0.2) is 0 Å². The summed E-state index contributed by atoms with van der Waals surface area (Å²) in [6.07, 6.45) is 0.443. The molecule has 2 saturated heterocycles. The Morgan fingerprint density at radius 2 is 1.70 bits per heavy atom. The van der Waals surface area contributed by atoms with Crippen molar-refractivity contribution in [3.63, 3.8) is 0 Å². The van der Waals surface area contributed by atoms with Crippen molar-refractivity contribution in [2.24, 2.45) is 0 Å². The van der Waals surface area contributed by atoms with Crippen LogP contribution >= 0.6 is 0 Å². The van der Waals surface area contributed by atoms with E-state index in [-0.39, 0.29) is 23.8 Å². The summed E-state index contributed by atoms with van der Waals surface area (Å²) in [4.78, 5) is 38.5. The smallest absolute Gasteiger partial charge is 0.251 e. The van der Waals surface area contributed by atoms with Gasteiger partial charge in [-0.15, -0.1) is 0 Å². The van der Waals surface area contributed by atoms with Crippen LogP contribution in [0.5, 0.6) is 0 Å². The number of carbonyl (C=O) groups is 3. The van der Waals surface area contributed by atoms with Gasteiger partial charge < -0.3 is 15.5 Å². The Morgan fingerprint density at radius 1 is 1.04 bits per heavy atom. The Bertz CT molecular complexity index is 879. The number of nitrogens with one attached hydrogen (secondary N) is 2. The molecular weight excluding hydrogens is 342 g/mol. The Labute approximate surface area is 157 Å². The Balaban J connectivity index is 1.43. The minimum Gasteiger partial charge on any atom is -0.347 e. The molecule has 2 aromatic rings. The van der Waals surface area contributed by atoms with Crippen LogP contribution < -0.4 is 10.6 Å². The largest absolute Gasteiger partial charge is 0.347 e. The van der Waals surface area contributed by atoms with E-state index in [9.17, 15) is 14.4 Å². The summed E-state index contributed by atoms with van der Waals surface area (Å²) in [5.41, 5.74) is 2.70. The lowest BCUT2D eigenvalue weighted by Crippen LogP contribution is -2.60. The summed E-state index contributed by atoms with van der Waals surface area (Å²) in [6, 6.07) is 16.2. The fraction of sp³-hybridized carbons (Fsp3) is 0.286. The van der Waals surface area contributed by atoms with Gasteiger partial charge in [-0.2, -0.15) is 0 Å². The number of nitrogens with zero attached hydrogens (tertiary/aromatic N) is 1. The van der Waals surface area contributed by atoms with Gasteiger partial charge in [-0.1, -0.05) is 42.5 Å². The zero-order valence-electron chi connectivity index (χ0n) is 15.0. The van der Waals surface area contributed by atoms with Crippen LogP contribution in [-0.4, -0.2) is 47.3 Å². The first kappa shape index (κ1) is 17.3. The molecule has 0 bridgehead atoms. The highest BCUT2D eigenvalue weighted by molar-refractivity contribution is 5.98. The lowest BCUT2D eigenvalue weighted by Gasteiger charge is -2.32. The molecule has 2 aliphatic heterocycles. The van der Waals surface area contributed by atoms with Gasteiger partial charge in [-0.3, -0.25) is 14.4 Å². The van der Waals surface area contributed by atoms with E-state index < -0.39 is 12.1 Å². The summed E-state index contributed by atoms with van der Waals surface area (Å²) in [7, 11) is 0. The van der Waals surface area contributed by atoms with E-state index in [0.29, 0.717) is 18.5 Å². The van der Waals surface area contributed by atoms with E-state index in [1.54, 1.807) is 24.0 Å². The summed E-state index contributed by atoms with van der Waals surface area (Å²) in [6.45, 7) is 2.05. The van der Waals surface area contributed by atoms with E-state index in [0.717, 1.165) is 11.1 Å². The quantitative estimate of drug-likeness (QED) is 0.869. The Kier molecular flexibility index (Phi) is 4.39. The molecule has 6 nitrogen and oxygen atoms in total. The zero-order chi connectivity index (χ0) is 19.0. The van der Waals surface area contributed by atoms with Crippen LogP contribution in [0.15, 0.2) is 54.6 Å². The third-order valence-corrected chi connectivity index (χ3v) is 5.21. The molecule has 0 spiro atoms. The number of hydrogen-bond donors (Lipinski definition) is 2. The standard InChI is InChI=1S/C21H21N3O3/c1-13-21(27)24-12-17(11-18(24)20(26)22-13)23-19(25)16-9-7-15(8-10-16)14-5-3-2-4-6-14/h2-10,13,17-18H,11-12H2,1H3,(H,22,26)(H,23,25)/t13-,17+,18+/m1/s1. The number of rotatable bonds is 3. The number of carbonyl (C=O) groups excluding carboxylic acids is 3. The molecule has 4 rings (SSSR count). The van der Waals surface area contributed by atoms with Gasteiger partial charge in [-0.05, 0) is 36.6 Å². The van der Waals surface area contributed by atoms with E-state index in [1.807, 2.05) is 42.5 Å². The highest BCUT2D eigenvalue weighted by atomic mass is 16.2. The SMILES string of the molecule is C[C@H]1NC(=O)[C@@H]2C[C@H](NC(=O)c3ccc(-c4ccccc4)cc3)CN2C1=O. The van der Waals surface area contributed by atoms with Crippen molar-refractivity contribution in [3.05, 3.63) is 60.2 Å². The molecule has 3 atom stereocenters. The van der Waals surface area contributed by atoms with Crippen molar-refractivity contribution in [1.29, 1.82) is 0 Å². The number of benzene rings is 2. The highest BCUT2D eigenvalue weighted by Gasteiger charge is 2.45. The first-order valence-electron chi connectivity index (χ1n) is 9.10. The van der Waals surface area contributed by atoms with Gasteiger partial charge in [0.1, 0.15) is 12.1 Å². The van der Waals surface area contributed by atoms with Crippen molar-refractivity contribution >= 4 is 17.7 Å². The monoisotopic (exact) mass is 363 g/mol. The molecule has 3 amide bonds. The molecule has 0 aromatic heterocycles. The predicted molar refractivity (Wildman–Crippen MR) is 101 cm³/mol. The summed E-state index contributed by atoms with van der Waals surface area (Å²) >= 11 is 0. The third-order valence-electron chi connectivity index (χ3n) is 5.21. The second-order valence-electron chi connectivity index (χ2n) is 7.09. The average molecular weight is 363 g/mol. The molecule has 2 aliphatic rings. The lowest BCUT2D eigenvalue weighted by molar-refractivity contribution is -0.146. The summed E-state index contributed by atoms with van der Waals surface area (Å²) in [5, 5.41) is 5.64. The van der Waals surface area contributed by atoms with Crippen LogP contribution in [-0.2, 0) is 9.59 Å². The lowest BCUT2D eigenvalue weighted by atomic mass is 10.0. The van der Waals surface area contributed by atoms with Gasteiger partial charge in [0.25, 0.3) is 5.91 Å². The van der Waals surface area contributed by atoms with Crippen molar-refractivity contribution < 1.29 is 14.4 Å². The fourth-order valence-electron chi connectivity index (χ4n) is 3.77. The number of piperazine rings is 1. The highest BCUT2D eigenvalue weighted by Crippen LogP contribution is 2.23. The van der Waals surface area contributed by atoms with Gasteiger partial charge in [0, 0.05) is 18.2 Å². The van der Waals surface area contributed by atoms with Crippen LogP contribution in [0, 0.1) is 0 Å². The molecule has 2 fully saturated rings. The van der Waals surface area contributed by atoms with Gasteiger partial charge >= 0.3 is 0 Å². The fourth-order valence-corrected chi connectivity index (χ4v) is 3.77. The molecule has 2 heterocycles. The molecule has 138 valence electrons. The zero-order valence-corrected chi connectivity index (χ0v) is 15.0. The molecule has 0 saturated carbocycles. The third kappa shape index (κ3) is 3.30. The average Bonchev–Trinajstić information content (AvgIpc) is 3.11. The summed E-state index contributed by atoms with van der Waals surface area (Å²) in [5.74, 6) is -0.435. The second kappa shape index (κ2) is 6.87. The van der Waals surface area contributed by atoms with Crippen molar-refractivity contribution in [2.45, 2.75) is 31.5 Å². The minimum atomic E-state index is -0.506. The molecule has 2 aromatic carbocycles. The van der Waals surface area contributed by atoms with Crippen molar-refractivity contribution in [2.75, 3.05) is 6.54 Å². The van der Waals surface area contributed by atoms with Crippen LogP contribution in [0.1, 0.15) is 23.7 Å². The van der Waals surface area contributed by atoms with E-state index in [2.05, 4.69) is 10.6 Å². The van der Waals surface area contributed by atoms with Gasteiger partial charge in [0.2, 0.25) is 11.8 Å². The summed E-state index contributed by atoms with van der Waals surface area (Å²) < 4.78 is 0. The topological polar surface area (TPSA) is 78.5 Å². The maximum Gasteiger partial charge on any atom is 0.251 e.